The third-order valence-corrected chi connectivity index (χ3v) is 6.96. The van der Waals surface area contributed by atoms with Crippen molar-refractivity contribution in [3.63, 3.8) is 0 Å². The highest BCUT2D eigenvalue weighted by atomic mass is 16.5. The van der Waals surface area contributed by atoms with Crippen LogP contribution in [-0.4, -0.2) is 12.7 Å². The molecule has 3 nitrogen and oxygen atoms in total. The summed E-state index contributed by atoms with van der Waals surface area (Å²) in [6, 6.07) is 54.3. The fourth-order valence-corrected chi connectivity index (χ4v) is 4.98. The smallest absolute Gasteiger partial charge is 0.537 e. The maximum atomic E-state index is 9.07. The highest BCUT2D eigenvalue weighted by molar-refractivity contribution is 6.17. The van der Waals surface area contributed by atoms with Gasteiger partial charge in [-0.2, -0.15) is 0 Å². The van der Waals surface area contributed by atoms with Crippen LogP contribution in [0.4, 0.5) is 17.1 Å². The fraction of sp³-hybridized carbons (Fsp3) is 0. The molecule has 0 saturated heterocycles. The van der Waals surface area contributed by atoms with E-state index in [9.17, 15) is 0 Å². The largest absolute Gasteiger partial charge is 0.569 e. The summed E-state index contributed by atoms with van der Waals surface area (Å²) in [6.07, 6.45) is 0. The van der Waals surface area contributed by atoms with Gasteiger partial charge in [-0.1, -0.05) is 115 Å². The second-order valence-electron chi connectivity index (χ2n) is 9.43. The van der Waals surface area contributed by atoms with Gasteiger partial charge in [0.25, 0.3) is 0 Å². The maximum absolute atomic E-state index is 9.07. The maximum Gasteiger partial charge on any atom is 0.569 e. The summed E-state index contributed by atoms with van der Waals surface area (Å²) in [4.78, 5) is 2.25. The topological polar surface area (TPSA) is 32.7 Å². The van der Waals surface area contributed by atoms with E-state index >= 15 is 0 Å². The van der Waals surface area contributed by atoms with Crippen LogP contribution in [0.1, 0.15) is 0 Å². The molecule has 6 aromatic carbocycles. The number of anilines is 3. The van der Waals surface area contributed by atoms with Gasteiger partial charge in [0.05, 0.1) is 5.69 Å². The van der Waals surface area contributed by atoms with Crippen LogP contribution in [-0.2, 0) is 0 Å². The molecular weight excluding hydrogens is 489 g/mol. The van der Waals surface area contributed by atoms with E-state index in [0.717, 1.165) is 33.8 Å². The van der Waals surface area contributed by atoms with Crippen LogP contribution in [0.25, 0.3) is 33.4 Å². The Kier molecular flexibility index (Phi) is 7.43. The molecule has 0 fully saturated rings. The van der Waals surface area contributed by atoms with Crippen LogP contribution in [0.3, 0.4) is 0 Å². The minimum atomic E-state index is 0.565. The van der Waals surface area contributed by atoms with Gasteiger partial charge in [0, 0.05) is 16.9 Å². The number of hydrogen-bond donors (Lipinski definition) is 1. The Morgan fingerprint density at radius 1 is 0.425 bits per heavy atom. The Labute approximate surface area is 235 Å². The van der Waals surface area contributed by atoms with Crippen LogP contribution < -0.4 is 9.55 Å². The third-order valence-electron chi connectivity index (χ3n) is 6.96. The summed E-state index contributed by atoms with van der Waals surface area (Å²) in [6.45, 7) is 0. The highest BCUT2D eigenvalue weighted by Crippen LogP contribution is 2.42. The fourth-order valence-electron chi connectivity index (χ4n) is 4.98. The molecule has 40 heavy (non-hydrogen) atoms. The van der Waals surface area contributed by atoms with Crippen molar-refractivity contribution in [2.24, 2.45) is 0 Å². The predicted molar refractivity (Wildman–Crippen MR) is 166 cm³/mol. The number of rotatable bonds is 8. The van der Waals surface area contributed by atoms with E-state index in [1.165, 1.54) is 16.7 Å². The van der Waals surface area contributed by atoms with Gasteiger partial charge in [-0.15, -0.1) is 0 Å². The lowest BCUT2D eigenvalue weighted by molar-refractivity contribution is 0.454. The van der Waals surface area contributed by atoms with Gasteiger partial charge in [0.2, 0.25) is 0 Å². The average molecular weight is 516 g/mol. The van der Waals surface area contributed by atoms with Crippen molar-refractivity contribution in [2.75, 3.05) is 4.90 Å². The van der Waals surface area contributed by atoms with Gasteiger partial charge in [-0.25, -0.2) is 0 Å². The Hall–Kier alpha value is -5.06. The first kappa shape index (κ1) is 25.2. The summed E-state index contributed by atoms with van der Waals surface area (Å²) in [5.74, 6) is 0.565. The SMILES string of the molecule is O[B]Oc1ccc(N(c2ccc(-c3ccccc3)cc2)c2ccccc2-c2ccc(-c3ccccc3)cc2)cc1. The second kappa shape index (κ2) is 11.8. The molecule has 1 N–H and O–H groups in total. The van der Waals surface area contributed by atoms with Crippen LogP contribution in [0, 0.1) is 0 Å². The van der Waals surface area contributed by atoms with Crippen LogP contribution in [0.5, 0.6) is 5.75 Å². The lowest BCUT2D eigenvalue weighted by atomic mass is 9.98. The monoisotopic (exact) mass is 516 g/mol. The van der Waals surface area contributed by atoms with Gasteiger partial charge in [0.1, 0.15) is 5.75 Å². The standard InChI is InChI=1S/C36H27BNO2/c39-37-40-34-25-23-33(24-26-34)38(32-21-19-30(20-22-32)28-11-5-2-6-12-28)36-14-8-7-13-35(36)31-17-15-29(16-18-31)27-9-3-1-4-10-27/h1-26,39H. The highest BCUT2D eigenvalue weighted by Gasteiger charge is 2.17. The number of hydrogen-bond acceptors (Lipinski definition) is 3. The van der Waals surface area contributed by atoms with Gasteiger partial charge < -0.3 is 14.6 Å². The molecule has 0 bridgehead atoms. The van der Waals surface area contributed by atoms with Gasteiger partial charge in [0.15, 0.2) is 0 Å². The molecule has 0 aromatic heterocycles. The van der Waals surface area contributed by atoms with Crippen molar-refractivity contribution in [3.05, 3.63) is 158 Å². The molecular formula is C36H27BNO2. The average Bonchev–Trinajstić information content (AvgIpc) is 3.04. The molecule has 0 heterocycles. The molecule has 0 saturated carbocycles. The molecule has 0 aliphatic heterocycles. The van der Waals surface area contributed by atoms with Crippen molar-refractivity contribution < 1.29 is 9.68 Å². The van der Waals surface area contributed by atoms with Crippen molar-refractivity contribution in [2.45, 2.75) is 0 Å². The van der Waals surface area contributed by atoms with Crippen LogP contribution in [0.2, 0.25) is 0 Å². The molecule has 0 aliphatic carbocycles. The minimum absolute atomic E-state index is 0.565. The van der Waals surface area contributed by atoms with Gasteiger partial charge in [-0.3, -0.25) is 0 Å². The number of nitrogens with zero attached hydrogens (tertiary/aromatic N) is 1. The summed E-state index contributed by atoms with van der Waals surface area (Å²) in [5, 5.41) is 9.07. The molecule has 191 valence electrons. The van der Waals surface area contributed by atoms with Crippen molar-refractivity contribution in [3.8, 4) is 39.1 Å². The van der Waals surface area contributed by atoms with E-state index in [1.54, 1.807) is 0 Å². The van der Waals surface area contributed by atoms with E-state index < -0.39 is 0 Å². The Morgan fingerprint density at radius 3 is 1.40 bits per heavy atom. The number of benzene rings is 6. The summed E-state index contributed by atoms with van der Waals surface area (Å²) < 4.78 is 5.17. The lowest BCUT2D eigenvalue weighted by Crippen LogP contribution is -2.11. The van der Waals surface area contributed by atoms with E-state index in [4.69, 9.17) is 9.68 Å². The molecule has 6 rings (SSSR count). The first-order valence-electron chi connectivity index (χ1n) is 13.2. The van der Waals surface area contributed by atoms with Crippen molar-refractivity contribution >= 4 is 24.7 Å². The van der Waals surface area contributed by atoms with Crippen LogP contribution in [0.15, 0.2) is 158 Å². The molecule has 0 spiro atoms. The van der Waals surface area contributed by atoms with Crippen LogP contribution >= 0.6 is 0 Å². The number of para-hydroxylation sites is 1. The van der Waals surface area contributed by atoms with E-state index in [-0.39, 0.29) is 0 Å². The first-order chi connectivity index (χ1) is 19.8. The van der Waals surface area contributed by atoms with E-state index in [1.807, 2.05) is 36.4 Å². The molecule has 6 aromatic rings. The molecule has 0 amide bonds. The Balaban J connectivity index is 1.43. The summed E-state index contributed by atoms with van der Waals surface area (Å²) >= 11 is 0. The zero-order valence-electron chi connectivity index (χ0n) is 21.9. The zero-order valence-corrected chi connectivity index (χ0v) is 21.9. The van der Waals surface area contributed by atoms with E-state index in [2.05, 4.69) is 126 Å². The quantitative estimate of drug-likeness (QED) is 0.205. The zero-order chi connectivity index (χ0) is 27.1. The first-order valence-corrected chi connectivity index (χ1v) is 13.2. The molecule has 4 heteroatoms. The molecule has 1 radical (unpaired) electrons. The third kappa shape index (κ3) is 5.39. The Morgan fingerprint density at radius 2 is 0.850 bits per heavy atom. The second-order valence-corrected chi connectivity index (χ2v) is 9.43. The predicted octanol–water partition coefficient (Wildman–Crippen LogP) is 9.06. The van der Waals surface area contributed by atoms with Crippen molar-refractivity contribution in [1.29, 1.82) is 0 Å². The van der Waals surface area contributed by atoms with Gasteiger partial charge in [-0.05, 0) is 70.3 Å². The van der Waals surface area contributed by atoms with E-state index in [0.29, 0.717) is 13.4 Å². The van der Waals surface area contributed by atoms with Gasteiger partial charge >= 0.3 is 7.69 Å². The Bertz CT molecular complexity index is 1670. The molecule has 0 atom stereocenters. The molecule has 0 unspecified atom stereocenters. The molecule has 0 aliphatic rings. The summed E-state index contributed by atoms with van der Waals surface area (Å²) in [5.41, 5.74) is 10.1. The lowest BCUT2D eigenvalue weighted by Gasteiger charge is -2.28. The summed E-state index contributed by atoms with van der Waals surface area (Å²) in [7, 11) is 0.698. The normalized spacial score (nSPS) is 10.6. The minimum Gasteiger partial charge on any atom is -0.537 e. The van der Waals surface area contributed by atoms with Crippen molar-refractivity contribution in [1.82, 2.24) is 0 Å².